The van der Waals surface area contributed by atoms with Crippen LogP contribution in [-0.2, 0) is 6.54 Å². The molecule has 7 heteroatoms. The average Bonchev–Trinajstić information content (AvgIpc) is 2.97. The van der Waals surface area contributed by atoms with E-state index in [4.69, 9.17) is 0 Å². The van der Waals surface area contributed by atoms with E-state index in [2.05, 4.69) is 20.2 Å². The van der Waals surface area contributed by atoms with E-state index in [1.807, 2.05) is 38.1 Å². The lowest BCUT2D eigenvalue weighted by molar-refractivity contribution is 0.459. The summed E-state index contributed by atoms with van der Waals surface area (Å²) in [5.74, 6) is 0.141. The summed E-state index contributed by atoms with van der Waals surface area (Å²) in [5.41, 5.74) is 2.53. The number of hydrogen-bond acceptors (Lipinski definition) is 5. The van der Waals surface area contributed by atoms with Gasteiger partial charge in [-0.2, -0.15) is 0 Å². The lowest BCUT2D eigenvalue weighted by Crippen LogP contribution is -2.20. The number of nitrogens with zero attached hydrogens (tertiary/aromatic N) is 4. The number of benzene rings is 2. The summed E-state index contributed by atoms with van der Waals surface area (Å²) >= 11 is 0. The molecule has 0 spiro atoms. The smallest absolute Gasteiger partial charge is 0.262 e. The Labute approximate surface area is 148 Å². The molecule has 2 aromatic carbocycles. The van der Waals surface area contributed by atoms with E-state index >= 15 is 0 Å². The van der Waals surface area contributed by atoms with Gasteiger partial charge in [-0.05, 0) is 31.5 Å². The second kappa shape index (κ2) is 6.11. The Morgan fingerprint density at radius 1 is 1.12 bits per heavy atom. The first kappa shape index (κ1) is 16.0. The fraction of sp³-hybridized carbons (Fsp3) is 0.158. The van der Waals surface area contributed by atoms with Gasteiger partial charge in [0.1, 0.15) is 0 Å². The molecule has 0 radical (unpaired) electrons. The van der Waals surface area contributed by atoms with Crippen LogP contribution in [0.15, 0.2) is 57.5 Å². The molecule has 0 saturated heterocycles. The average molecular weight is 347 g/mol. The predicted octanol–water partition coefficient (Wildman–Crippen LogP) is 4.33. The van der Waals surface area contributed by atoms with E-state index in [9.17, 15) is 9.90 Å². The Morgan fingerprint density at radius 2 is 1.88 bits per heavy atom. The summed E-state index contributed by atoms with van der Waals surface area (Å²) in [4.78, 5) is 20.0. The van der Waals surface area contributed by atoms with E-state index in [-0.39, 0.29) is 17.4 Å². The summed E-state index contributed by atoms with van der Waals surface area (Å²) in [6, 6.07) is 12.8. The van der Waals surface area contributed by atoms with Crippen LogP contribution in [0.2, 0.25) is 0 Å². The number of fused-ring (bicyclic) bond motifs is 2. The molecule has 26 heavy (non-hydrogen) atoms. The van der Waals surface area contributed by atoms with Crippen molar-refractivity contribution in [1.29, 1.82) is 0 Å². The van der Waals surface area contributed by atoms with Gasteiger partial charge in [0.25, 0.3) is 11.5 Å². The summed E-state index contributed by atoms with van der Waals surface area (Å²) in [6.45, 7) is 4.21. The third-order valence-corrected chi connectivity index (χ3v) is 4.39. The zero-order valence-electron chi connectivity index (χ0n) is 14.4. The Hall–Kier alpha value is -3.48. The SMILES string of the molecule is CCn1c(N=Nc2c(O)[nH]c3c(C)cccc23)nc2ccccc2c1=O. The molecule has 2 heterocycles. The molecule has 0 unspecified atom stereocenters. The lowest BCUT2D eigenvalue weighted by atomic mass is 10.1. The van der Waals surface area contributed by atoms with Crippen LogP contribution in [0.5, 0.6) is 5.88 Å². The molecule has 2 N–H and O–H groups in total. The first-order chi connectivity index (χ1) is 12.6. The van der Waals surface area contributed by atoms with Crippen molar-refractivity contribution in [3.8, 4) is 5.88 Å². The van der Waals surface area contributed by atoms with Gasteiger partial charge in [-0.1, -0.05) is 30.3 Å². The molecule has 0 aliphatic carbocycles. The fourth-order valence-corrected chi connectivity index (χ4v) is 3.05. The fourth-order valence-electron chi connectivity index (χ4n) is 3.05. The van der Waals surface area contributed by atoms with Gasteiger partial charge < -0.3 is 10.1 Å². The molecular weight excluding hydrogens is 330 g/mol. The number of nitrogens with one attached hydrogen (secondary N) is 1. The van der Waals surface area contributed by atoms with E-state index in [0.717, 1.165) is 16.5 Å². The first-order valence-electron chi connectivity index (χ1n) is 8.31. The van der Waals surface area contributed by atoms with E-state index in [1.54, 1.807) is 18.2 Å². The normalized spacial score (nSPS) is 11.8. The molecule has 0 atom stereocenters. The highest BCUT2D eigenvalue weighted by Crippen LogP contribution is 2.37. The van der Waals surface area contributed by atoms with Gasteiger partial charge in [-0.3, -0.25) is 9.36 Å². The second-order valence-corrected chi connectivity index (χ2v) is 6.00. The standard InChI is InChI=1S/C19H17N5O2/c1-3-24-18(26)12-8-4-5-10-14(12)20-19(24)23-22-16-13-9-6-7-11(2)15(13)21-17(16)25/h4-10,21,25H,3H2,1-2H3. The van der Waals surface area contributed by atoms with Crippen LogP contribution in [-0.4, -0.2) is 19.6 Å². The van der Waals surface area contributed by atoms with Crippen LogP contribution in [0.1, 0.15) is 12.5 Å². The Morgan fingerprint density at radius 3 is 2.69 bits per heavy atom. The minimum Gasteiger partial charge on any atom is -0.493 e. The number of aryl methyl sites for hydroxylation is 1. The largest absolute Gasteiger partial charge is 0.493 e. The van der Waals surface area contributed by atoms with Crippen molar-refractivity contribution in [2.75, 3.05) is 0 Å². The van der Waals surface area contributed by atoms with Crippen LogP contribution in [0.3, 0.4) is 0 Å². The number of azo groups is 1. The second-order valence-electron chi connectivity index (χ2n) is 6.00. The number of rotatable bonds is 3. The van der Waals surface area contributed by atoms with Crippen molar-refractivity contribution in [1.82, 2.24) is 14.5 Å². The number of H-pyrrole nitrogens is 1. The van der Waals surface area contributed by atoms with Crippen molar-refractivity contribution >= 4 is 33.4 Å². The molecule has 0 aliphatic rings. The minimum atomic E-state index is -0.161. The topological polar surface area (TPSA) is 95.6 Å². The van der Waals surface area contributed by atoms with Gasteiger partial charge in [0.2, 0.25) is 5.88 Å². The molecule has 0 aliphatic heterocycles. The Bertz CT molecular complexity index is 1220. The third kappa shape index (κ3) is 2.45. The maximum Gasteiger partial charge on any atom is 0.262 e. The zero-order valence-corrected chi connectivity index (χ0v) is 14.4. The van der Waals surface area contributed by atoms with Crippen LogP contribution in [0, 0.1) is 6.92 Å². The number of aromatic nitrogens is 3. The zero-order chi connectivity index (χ0) is 18.3. The van der Waals surface area contributed by atoms with Crippen molar-refractivity contribution in [3.63, 3.8) is 0 Å². The molecule has 4 rings (SSSR count). The highest BCUT2D eigenvalue weighted by atomic mass is 16.3. The van der Waals surface area contributed by atoms with Crippen LogP contribution < -0.4 is 5.56 Å². The number of para-hydroxylation sites is 2. The highest BCUT2D eigenvalue weighted by Gasteiger charge is 2.13. The number of aromatic amines is 1. The number of aromatic hydroxyl groups is 1. The number of hydrogen-bond donors (Lipinski definition) is 2. The molecule has 0 amide bonds. The molecular formula is C19H17N5O2. The van der Waals surface area contributed by atoms with Gasteiger partial charge in [0.05, 0.1) is 16.4 Å². The Balaban J connectivity index is 1.89. The molecule has 130 valence electrons. The van der Waals surface area contributed by atoms with Crippen molar-refractivity contribution in [2.24, 2.45) is 10.2 Å². The maximum atomic E-state index is 12.6. The molecule has 0 saturated carbocycles. The quantitative estimate of drug-likeness (QED) is 0.540. The molecule has 0 fully saturated rings. The highest BCUT2D eigenvalue weighted by molar-refractivity contribution is 5.95. The van der Waals surface area contributed by atoms with Gasteiger partial charge in [-0.25, -0.2) is 4.98 Å². The van der Waals surface area contributed by atoms with Crippen LogP contribution in [0.25, 0.3) is 21.8 Å². The molecule has 2 aromatic heterocycles. The molecule has 4 aromatic rings. The summed E-state index contributed by atoms with van der Waals surface area (Å²) in [7, 11) is 0. The summed E-state index contributed by atoms with van der Waals surface area (Å²) in [5, 5.41) is 19.8. The van der Waals surface area contributed by atoms with E-state index in [1.165, 1.54) is 4.57 Å². The van der Waals surface area contributed by atoms with Crippen molar-refractivity contribution in [2.45, 2.75) is 20.4 Å². The van der Waals surface area contributed by atoms with Crippen molar-refractivity contribution in [3.05, 3.63) is 58.4 Å². The van der Waals surface area contributed by atoms with Crippen molar-refractivity contribution < 1.29 is 5.11 Å². The predicted molar refractivity (Wildman–Crippen MR) is 101 cm³/mol. The van der Waals surface area contributed by atoms with Gasteiger partial charge in [0, 0.05) is 11.9 Å². The van der Waals surface area contributed by atoms with Gasteiger partial charge in [-0.15, -0.1) is 10.2 Å². The molecule has 7 nitrogen and oxygen atoms in total. The monoisotopic (exact) mass is 347 g/mol. The van der Waals surface area contributed by atoms with Gasteiger partial charge >= 0.3 is 0 Å². The van der Waals surface area contributed by atoms with E-state index < -0.39 is 0 Å². The summed E-state index contributed by atoms with van der Waals surface area (Å²) in [6.07, 6.45) is 0. The maximum absolute atomic E-state index is 12.6. The Kier molecular flexibility index (Phi) is 3.76. The van der Waals surface area contributed by atoms with Crippen LogP contribution in [0.4, 0.5) is 11.6 Å². The first-order valence-corrected chi connectivity index (χ1v) is 8.31. The molecule has 0 bridgehead atoms. The van der Waals surface area contributed by atoms with E-state index in [0.29, 0.717) is 23.1 Å². The van der Waals surface area contributed by atoms with Crippen LogP contribution >= 0.6 is 0 Å². The summed E-state index contributed by atoms with van der Waals surface area (Å²) < 4.78 is 1.46. The third-order valence-electron chi connectivity index (χ3n) is 4.39. The lowest BCUT2D eigenvalue weighted by Gasteiger charge is -2.06. The minimum absolute atomic E-state index is 0.0655. The van der Waals surface area contributed by atoms with Gasteiger partial charge in [0.15, 0.2) is 5.69 Å².